The van der Waals surface area contributed by atoms with Gasteiger partial charge in [-0.25, -0.2) is 0 Å². The van der Waals surface area contributed by atoms with Gasteiger partial charge in [0.15, 0.2) is 0 Å². The van der Waals surface area contributed by atoms with Gasteiger partial charge in [-0.15, -0.1) is 10.2 Å². The van der Waals surface area contributed by atoms with E-state index in [1.165, 1.54) is 6.39 Å². The molecule has 1 aliphatic rings. The first-order valence-corrected chi connectivity index (χ1v) is 7.78. The van der Waals surface area contributed by atoms with E-state index in [1.54, 1.807) is 0 Å². The minimum absolute atomic E-state index is 0.423. The van der Waals surface area contributed by atoms with Crippen LogP contribution < -0.4 is 5.32 Å². The van der Waals surface area contributed by atoms with Crippen LogP contribution in [0.25, 0.3) is 11.5 Å². The normalized spacial score (nSPS) is 23.2. The lowest BCUT2D eigenvalue weighted by molar-refractivity contribution is 0.568. The minimum Gasteiger partial charge on any atom is -0.423 e. The summed E-state index contributed by atoms with van der Waals surface area (Å²) in [4.78, 5) is 0. The molecule has 2 aromatic rings. The Bertz CT molecular complexity index is 544. The molecule has 0 atom stereocenters. The van der Waals surface area contributed by atoms with Crippen LogP contribution in [0.2, 0.25) is 0 Å². The molecule has 19 heavy (non-hydrogen) atoms. The molecule has 100 valence electrons. The first-order valence-electron chi connectivity index (χ1n) is 6.29. The second-order valence-corrected chi connectivity index (χ2v) is 6.28. The monoisotopic (exact) mass is 277 g/mol. The molecular formula is C13H15N3O2S. The summed E-state index contributed by atoms with van der Waals surface area (Å²) in [6.45, 7) is 0. The van der Waals surface area contributed by atoms with Crippen LogP contribution in [0, 0.1) is 0 Å². The summed E-state index contributed by atoms with van der Waals surface area (Å²) in [6, 6.07) is 8.34. The molecule has 1 N–H and O–H groups in total. The summed E-state index contributed by atoms with van der Waals surface area (Å²) in [5.74, 6) is 2.13. The van der Waals surface area contributed by atoms with Crippen molar-refractivity contribution in [2.24, 2.45) is 0 Å². The Hall–Kier alpha value is -1.69. The molecule has 0 radical (unpaired) electrons. The van der Waals surface area contributed by atoms with Gasteiger partial charge in [-0.1, -0.05) is 0 Å². The van der Waals surface area contributed by atoms with Gasteiger partial charge in [0.05, 0.1) is 0 Å². The molecule has 3 rings (SSSR count). The van der Waals surface area contributed by atoms with Crippen molar-refractivity contribution >= 4 is 16.5 Å². The van der Waals surface area contributed by atoms with Gasteiger partial charge >= 0.3 is 0 Å². The molecule has 1 aromatic carbocycles. The number of benzene rings is 1. The van der Waals surface area contributed by atoms with Crippen molar-refractivity contribution in [3.8, 4) is 11.5 Å². The van der Waals surface area contributed by atoms with Gasteiger partial charge in [0.1, 0.15) is 0 Å². The van der Waals surface area contributed by atoms with Crippen molar-refractivity contribution in [1.82, 2.24) is 10.2 Å². The van der Waals surface area contributed by atoms with Crippen LogP contribution >= 0.6 is 0 Å². The molecule has 0 saturated carbocycles. The molecule has 2 heterocycles. The second kappa shape index (κ2) is 5.52. The Kier molecular flexibility index (Phi) is 3.59. The van der Waals surface area contributed by atoms with Crippen LogP contribution in [0.1, 0.15) is 12.8 Å². The fourth-order valence-electron chi connectivity index (χ4n) is 2.18. The van der Waals surface area contributed by atoms with Crippen molar-refractivity contribution in [3.63, 3.8) is 0 Å². The van der Waals surface area contributed by atoms with Crippen LogP contribution in [-0.4, -0.2) is 32.0 Å². The molecular weight excluding hydrogens is 262 g/mol. The minimum atomic E-state index is -0.610. The largest absolute Gasteiger partial charge is 0.423 e. The highest BCUT2D eigenvalue weighted by Crippen LogP contribution is 2.21. The van der Waals surface area contributed by atoms with E-state index in [2.05, 4.69) is 15.5 Å². The van der Waals surface area contributed by atoms with E-state index in [1.807, 2.05) is 24.3 Å². The number of anilines is 1. The summed E-state index contributed by atoms with van der Waals surface area (Å²) in [5, 5.41) is 11.0. The Balaban J connectivity index is 1.65. The van der Waals surface area contributed by atoms with Crippen molar-refractivity contribution in [2.45, 2.75) is 18.9 Å². The highest BCUT2D eigenvalue weighted by atomic mass is 32.2. The van der Waals surface area contributed by atoms with Crippen molar-refractivity contribution < 1.29 is 8.63 Å². The maximum Gasteiger partial charge on any atom is 0.247 e. The smallest absolute Gasteiger partial charge is 0.247 e. The van der Waals surface area contributed by atoms with Gasteiger partial charge in [-0.3, -0.25) is 4.21 Å². The summed E-state index contributed by atoms with van der Waals surface area (Å²) < 4.78 is 16.4. The number of aromatic nitrogens is 2. The first kappa shape index (κ1) is 12.3. The van der Waals surface area contributed by atoms with E-state index in [0.29, 0.717) is 11.9 Å². The Morgan fingerprint density at radius 2 is 1.95 bits per heavy atom. The van der Waals surface area contributed by atoms with Gasteiger partial charge in [-0.05, 0) is 37.1 Å². The zero-order valence-corrected chi connectivity index (χ0v) is 11.2. The SMILES string of the molecule is O=S1CCC(Nc2ccc(-c3nnco3)cc2)CC1. The van der Waals surface area contributed by atoms with E-state index in [4.69, 9.17) is 4.42 Å². The van der Waals surface area contributed by atoms with Crippen molar-refractivity contribution in [1.29, 1.82) is 0 Å². The average molecular weight is 277 g/mol. The van der Waals surface area contributed by atoms with Gasteiger partial charge < -0.3 is 9.73 Å². The lowest BCUT2D eigenvalue weighted by Crippen LogP contribution is -2.29. The third kappa shape index (κ3) is 3.01. The standard InChI is InChI=1S/C13H15N3O2S/c17-19-7-5-12(6-8-19)15-11-3-1-10(2-4-11)13-16-14-9-18-13/h1-4,9,12,15H,5-8H2. The number of hydrogen-bond donors (Lipinski definition) is 1. The van der Waals surface area contributed by atoms with Crippen LogP contribution in [0.3, 0.4) is 0 Å². The predicted molar refractivity (Wildman–Crippen MR) is 74.3 cm³/mol. The molecule has 1 aromatic heterocycles. The van der Waals surface area contributed by atoms with Crippen LogP contribution in [0.15, 0.2) is 35.1 Å². The van der Waals surface area contributed by atoms with Crippen LogP contribution in [0.4, 0.5) is 5.69 Å². The Morgan fingerprint density at radius 1 is 1.21 bits per heavy atom. The molecule has 0 unspecified atom stereocenters. The molecule has 0 aliphatic carbocycles. The Morgan fingerprint density at radius 3 is 2.58 bits per heavy atom. The summed E-state index contributed by atoms with van der Waals surface area (Å²) in [5.41, 5.74) is 1.98. The third-order valence-corrected chi connectivity index (χ3v) is 4.63. The number of nitrogens with one attached hydrogen (secondary N) is 1. The van der Waals surface area contributed by atoms with Crippen LogP contribution in [0.5, 0.6) is 0 Å². The zero-order valence-electron chi connectivity index (χ0n) is 10.4. The van der Waals surface area contributed by atoms with E-state index < -0.39 is 10.8 Å². The van der Waals surface area contributed by atoms with E-state index in [0.717, 1.165) is 35.6 Å². The van der Waals surface area contributed by atoms with Crippen molar-refractivity contribution in [3.05, 3.63) is 30.7 Å². The second-order valence-electron chi connectivity index (χ2n) is 4.59. The van der Waals surface area contributed by atoms with E-state index in [-0.39, 0.29) is 0 Å². The predicted octanol–water partition coefficient (Wildman–Crippen LogP) is 2.06. The average Bonchev–Trinajstić information content (AvgIpc) is 2.96. The highest BCUT2D eigenvalue weighted by Gasteiger charge is 2.17. The lowest BCUT2D eigenvalue weighted by Gasteiger charge is -2.23. The molecule has 6 heteroatoms. The lowest BCUT2D eigenvalue weighted by atomic mass is 10.1. The number of hydrogen-bond acceptors (Lipinski definition) is 5. The van der Waals surface area contributed by atoms with Crippen LogP contribution in [-0.2, 0) is 10.8 Å². The van der Waals surface area contributed by atoms with Gasteiger partial charge in [-0.2, -0.15) is 0 Å². The molecule has 0 amide bonds. The molecule has 0 bridgehead atoms. The summed E-state index contributed by atoms with van der Waals surface area (Å²) in [6.07, 6.45) is 3.26. The van der Waals surface area contributed by atoms with E-state index in [9.17, 15) is 4.21 Å². The maximum atomic E-state index is 11.3. The fraction of sp³-hybridized carbons (Fsp3) is 0.385. The third-order valence-electron chi connectivity index (χ3n) is 3.25. The fourth-order valence-corrected chi connectivity index (χ4v) is 3.48. The zero-order chi connectivity index (χ0) is 13.1. The molecule has 1 aliphatic heterocycles. The Labute approximate surface area is 113 Å². The quantitative estimate of drug-likeness (QED) is 0.930. The summed E-state index contributed by atoms with van der Waals surface area (Å²) in [7, 11) is -0.610. The highest BCUT2D eigenvalue weighted by molar-refractivity contribution is 7.85. The van der Waals surface area contributed by atoms with Gasteiger partial charge in [0.25, 0.3) is 0 Å². The van der Waals surface area contributed by atoms with Crippen molar-refractivity contribution in [2.75, 3.05) is 16.8 Å². The molecule has 1 fully saturated rings. The van der Waals surface area contributed by atoms with Gasteiger partial charge in [0.2, 0.25) is 12.3 Å². The number of nitrogens with zero attached hydrogens (tertiary/aromatic N) is 2. The van der Waals surface area contributed by atoms with E-state index >= 15 is 0 Å². The maximum absolute atomic E-state index is 11.3. The first-order chi connectivity index (χ1) is 9.31. The van der Waals surface area contributed by atoms with Gasteiger partial charge in [0, 0.05) is 39.6 Å². The molecule has 1 saturated heterocycles. The summed E-state index contributed by atoms with van der Waals surface area (Å²) >= 11 is 0. The topological polar surface area (TPSA) is 68.0 Å². The molecule has 0 spiro atoms. The molecule has 5 nitrogen and oxygen atoms in total. The number of rotatable bonds is 3.